The Bertz CT molecular complexity index is 842. The van der Waals surface area contributed by atoms with Crippen LogP contribution in [-0.2, 0) is 13.0 Å². The quantitative estimate of drug-likeness (QED) is 0.744. The number of ether oxygens (including phenoxy) is 1. The van der Waals surface area contributed by atoms with Gasteiger partial charge in [-0.15, -0.1) is 0 Å². The van der Waals surface area contributed by atoms with Crippen molar-refractivity contribution in [1.29, 1.82) is 0 Å². The summed E-state index contributed by atoms with van der Waals surface area (Å²) in [5.74, 6) is -0.0403. The van der Waals surface area contributed by atoms with Crippen molar-refractivity contribution in [3.05, 3.63) is 58.1 Å². The van der Waals surface area contributed by atoms with Crippen LogP contribution in [0.2, 0.25) is 5.02 Å². The number of hydrogen-bond acceptors (Lipinski definition) is 3. The Kier molecular flexibility index (Phi) is 5.66. The van der Waals surface area contributed by atoms with E-state index in [1.54, 1.807) is 6.07 Å². The van der Waals surface area contributed by atoms with E-state index >= 15 is 0 Å². The molecule has 0 saturated carbocycles. The van der Waals surface area contributed by atoms with Crippen LogP contribution in [0.1, 0.15) is 48.7 Å². The zero-order chi connectivity index (χ0) is 19.6. The summed E-state index contributed by atoms with van der Waals surface area (Å²) in [4.78, 5) is 13.8. The number of anilines is 1. The molecule has 144 valence electrons. The average Bonchev–Trinajstić information content (AvgIpc) is 2.60. The molecular formula is C22H26ClNO3. The van der Waals surface area contributed by atoms with Gasteiger partial charge in [0.15, 0.2) is 0 Å². The van der Waals surface area contributed by atoms with E-state index in [9.17, 15) is 9.90 Å². The molecule has 1 aliphatic rings. The molecule has 0 aliphatic carbocycles. The highest BCUT2D eigenvalue weighted by Crippen LogP contribution is 2.33. The normalized spacial score (nSPS) is 14.0. The second-order valence-electron chi connectivity index (χ2n) is 8.23. The number of halogens is 1. The maximum absolute atomic E-state index is 11.6. The molecule has 0 aromatic heterocycles. The summed E-state index contributed by atoms with van der Waals surface area (Å²) in [6.45, 7) is 8.53. The highest BCUT2D eigenvalue weighted by Gasteiger charge is 2.23. The monoisotopic (exact) mass is 387 g/mol. The second-order valence-corrected chi connectivity index (χ2v) is 8.67. The largest absolute Gasteiger partial charge is 0.493 e. The summed E-state index contributed by atoms with van der Waals surface area (Å²) in [5.41, 5.74) is 3.37. The van der Waals surface area contributed by atoms with Gasteiger partial charge in [0.1, 0.15) is 5.75 Å². The summed E-state index contributed by atoms with van der Waals surface area (Å²) in [5, 5.41) is 10.2. The molecule has 0 radical (unpaired) electrons. The van der Waals surface area contributed by atoms with Crippen LogP contribution in [-0.4, -0.2) is 24.2 Å². The first kappa shape index (κ1) is 19.6. The third kappa shape index (κ3) is 4.75. The molecular weight excluding hydrogens is 362 g/mol. The van der Waals surface area contributed by atoms with Crippen molar-refractivity contribution < 1.29 is 14.6 Å². The molecule has 2 aromatic rings. The first-order valence-corrected chi connectivity index (χ1v) is 9.64. The van der Waals surface area contributed by atoms with Crippen molar-refractivity contribution in [3.8, 4) is 5.75 Å². The van der Waals surface area contributed by atoms with Gasteiger partial charge in [0.2, 0.25) is 0 Å². The van der Waals surface area contributed by atoms with Crippen molar-refractivity contribution in [3.63, 3.8) is 0 Å². The van der Waals surface area contributed by atoms with Gasteiger partial charge in [0.25, 0.3) is 0 Å². The lowest BCUT2D eigenvalue weighted by Crippen LogP contribution is -2.30. The summed E-state index contributed by atoms with van der Waals surface area (Å²) in [6.07, 6.45) is 1.72. The van der Waals surface area contributed by atoms with Crippen LogP contribution in [0.5, 0.6) is 5.75 Å². The molecule has 2 aromatic carbocycles. The smallest absolute Gasteiger partial charge is 0.336 e. The van der Waals surface area contributed by atoms with Crippen molar-refractivity contribution >= 4 is 23.3 Å². The minimum atomic E-state index is -0.870. The SMILES string of the molecule is CC(C)(C)COc1ccc(Cl)cc1CN1CCCc2c(C(=O)O)cccc21. The minimum absolute atomic E-state index is 0.0605. The van der Waals surface area contributed by atoms with Gasteiger partial charge in [-0.05, 0) is 54.2 Å². The molecule has 0 bridgehead atoms. The number of nitrogens with zero attached hydrogens (tertiary/aromatic N) is 1. The molecule has 0 saturated heterocycles. The topological polar surface area (TPSA) is 49.8 Å². The Hall–Kier alpha value is -2.20. The van der Waals surface area contributed by atoms with E-state index in [-0.39, 0.29) is 5.41 Å². The fourth-order valence-electron chi connectivity index (χ4n) is 3.38. The van der Waals surface area contributed by atoms with E-state index < -0.39 is 5.97 Å². The Labute approximate surface area is 165 Å². The van der Waals surface area contributed by atoms with Gasteiger partial charge in [-0.2, -0.15) is 0 Å². The molecule has 0 fully saturated rings. The number of rotatable bonds is 5. The van der Waals surface area contributed by atoms with Crippen LogP contribution in [0.15, 0.2) is 36.4 Å². The number of hydrogen-bond donors (Lipinski definition) is 1. The lowest BCUT2D eigenvalue weighted by atomic mass is 9.95. The van der Waals surface area contributed by atoms with Crippen LogP contribution in [0.25, 0.3) is 0 Å². The van der Waals surface area contributed by atoms with Gasteiger partial charge in [-0.3, -0.25) is 0 Å². The van der Waals surface area contributed by atoms with E-state index in [1.165, 1.54) is 0 Å². The molecule has 4 nitrogen and oxygen atoms in total. The zero-order valence-corrected chi connectivity index (χ0v) is 16.8. The van der Waals surface area contributed by atoms with Crippen molar-refractivity contribution in [2.45, 2.75) is 40.2 Å². The van der Waals surface area contributed by atoms with Gasteiger partial charge in [0.05, 0.1) is 12.2 Å². The summed E-state index contributed by atoms with van der Waals surface area (Å²) < 4.78 is 6.07. The van der Waals surface area contributed by atoms with Gasteiger partial charge >= 0.3 is 5.97 Å². The first-order valence-electron chi connectivity index (χ1n) is 9.26. The lowest BCUT2D eigenvalue weighted by molar-refractivity contribution is 0.0695. The number of carbonyl (C=O) groups is 1. The number of aromatic carboxylic acids is 1. The van der Waals surface area contributed by atoms with Crippen molar-refractivity contribution in [2.75, 3.05) is 18.1 Å². The maximum atomic E-state index is 11.6. The first-order chi connectivity index (χ1) is 12.7. The molecule has 0 spiro atoms. The van der Waals surface area contributed by atoms with Crippen LogP contribution in [0.4, 0.5) is 5.69 Å². The van der Waals surface area contributed by atoms with Crippen molar-refractivity contribution in [2.24, 2.45) is 5.41 Å². The summed E-state index contributed by atoms with van der Waals surface area (Å²) in [6, 6.07) is 11.2. The molecule has 27 heavy (non-hydrogen) atoms. The number of carboxylic acid groups (broad SMARTS) is 1. The predicted octanol–water partition coefficient (Wildman–Crippen LogP) is 5.42. The third-order valence-corrected chi connectivity index (χ3v) is 4.86. The van der Waals surface area contributed by atoms with E-state index in [0.717, 1.165) is 42.0 Å². The van der Waals surface area contributed by atoms with Gasteiger partial charge in [-0.1, -0.05) is 38.4 Å². The fraction of sp³-hybridized carbons (Fsp3) is 0.409. The average molecular weight is 388 g/mol. The molecule has 0 amide bonds. The van der Waals surface area contributed by atoms with E-state index in [2.05, 4.69) is 25.7 Å². The molecule has 1 N–H and O–H groups in total. The van der Waals surface area contributed by atoms with E-state index in [4.69, 9.17) is 16.3 Å². The number of carboxylic acids is 1. The standard InChI is InChI=1S/C22H26ClNO3/c1-22(2,3)14-27-20-10-9-16(23)12-15(20)13-24-11-5-7-17-18(21(25)26)6-4-8-19(17)24/h4,6,8-10,12H,5,7,11,13-14H2,1-3H3,(H,25,26). The number of fused-ring (bicyclic) bond motifs is 1. The summed E-state index contributed by atoms with van der Waals surface area (Å²) in [7, 11) is 0. The molecule has 0 atom stereocenters. The molecule has 1 heterocycles. The van der Waals surface area contributed by atoms with Gasteiger partial charge < -0.3 is 14.7 Å². The summed E-state index contributed by atoms with van der Waals surface area (Å²) >= 11 is 6.24. The molecule has 3 rings (SSSR count). The van der Waals surface area contributed by atoms with Gasteiger partial charge in [-0.25, -0.2) is 4.79 Å². The van der Waals surface area contributed by atoms with Crippen LogP contribution in [0.3, 0.4) is 0 Å². The minimum Gasteiger partial charge on any atom is -0.493 e. The molecule has 1 aliphatic heterocycles. The van der Waals surface area contributed by atoms with Crippen LogP contribution < -0.4 is 9.64 Å². The Morgan fingerprint density at radius 2 is 2.04 bits per heavy atom. The maximum Gasteiger partial charge on any atom is 0.336 e. The third-order valence-electron chi connectivity index (χ3n) is 4.62. The molecule has 5 heteroatoms. The highest BCUT2D eigenvalue weighted by molar-refractivity contribution is 6.30. The van der Waals surface area contributed by atoms with Crippen LogP contribution >= 0.6 is 11.6 Å². The van der Waals surface area contributed by atoms with E-state index in [0.29, 0.717) is 23.7 Å². The fourth-order valence-corrected chi connectivity index (χ4v) is 3.57. The van der Waals surface area contributed by atoms with Crippen molar-refractivity contribution in [1.82, 2.24) is 0 Å². The van der Waals surface area contributed by atoms with Crippen LogP contribution in [0, 0.1) is 5.41 Å². The Balaban J connectivity index is 1.90. The Morgan fingerprint density at radius 3 is 2.74 bits per heavy atom. The highest BCUT2D eigenvalue weighted by atomic mass is 35.5. The number of benzene rings is 2. The van der Waals surface area contributed by atoms with E-state index in [1.807, 2.05) is 30.3 Å². The second kappa shape index (κ2) is 7.81. The Morgan fingerprint density at radius 1 is 1.26 bits per heavy atom. The molecule has 0 unspecified atom stereocenters. The van der Waals surface area contributed by atoms with Gasteiger partial charge in [0, 0.05) is 29.4 Å². The zero-order valence-electron chi connectivity index (χ0n) is 16.1. The predicted molar refractivity (Wildman–Crippen MR) is 109 cm³/mol. The lowest BCUT2D eigenvalue weighted by Gasteiger charge is -2.33.